The van der Waals surface area contributed by atoms with Gasteiger partial charge in [0.25, 0.3) is 11.1 Å². The van der Waals surface area contributed by atoms with Gasteiger partial charge >= 0.3 is 5.97 Å². The summed E-state index contributed by atoms with van der Waals surface area (Å²) in [7, 11) is 1.23. The lowest BCUT2D eigenvalue weighted by atomic mass is 10.2. The molecule has 0 saturated carbocycles. The molecule has 10 heteroatoms. The first-order chi connectivity index (χ1) is 13.8. The fourth-order valence-electron chi connectivity index (χ4n) is 2.56. The fourth-order valence-corrected chi connectivity index (χ4v) is 3.86. The number of hydrogen-bond donors (Lipinski definition) is 1. The second-order valence-electron chi connectivity index (χ2n) is 5.81. The van der Waals surface area contributed by atoms with E-state index in [9.17, 15) is 19.5 Å². The van der Waals surface area contributed by atoms with E-state index >= 15 is 0 Å². The molecular formula is C19H16BrNO7S. The van der Waals surface area contributed by atoms with Crippen molar-refractivity contribution in [3.8, 4) is 11.5 Å². The van der Waals surface area contributed by atoms with Gasteiger partial charge in [0.1, 0.15) is 5.76 Å². The van der Waals surface area contributed by atoms with Crippen molar-refractivity contribution >= 4 is 50.9 Å². The number of thioether (sulfide) groups is 1. The zero-order valence-electron chi connectivity index (χ0n) is 15.4. The van der Waals surface area contributed by atoms with Gasteiger partial charge in [-0.2, -0.15) is 0 Å². The van der Waals surface area contributed by atoms with E-state index in [0.29, 0.717) is 16.6 Å². The van der Waals surface area contributed by atoms with Crippen LogP contribution in [-0.2, 0) is 16.1 Å². The number of amides is 2. The molecule has 0 bridgehead atoms. The number of furan rings is 1. The van der Waals surface area contributed by atoms with Gasteiger partial charge in [-0.15, -0.1) is 0 Å². The predicted octanol–water partition coefficient (Wildman–Crippen LogP) is 4.17. The Balaban J connectivity index is 1.81. The van der Waals surface area contributed by atoms with Crippen LogP contribution in [0.15, 0.2) is 38.1 Å². The Morgan fingerprint density at radius 1 is 1.34 bits per heavy atom. The minimum absolute atomic E-state index is 0.0117. The van der Waals surface area contributed by atoms with Crippen LogP contribution in [0.1, 0.15) is 28.8 Å². The molecular weight excluding hydrogens is 466 g/mol. The molecule has 1 aromatic heterocycles. The van der Waals surface area contributed by atoms with E-state index in [1.54, 1.807) is 25.1 Å². The molecule has 1 N–H and O–H groups in total. The molecule has 1 aliphatic heterocycles. The van der Waals surface area contributed by atoms with E-state index in [1.807, 2.05) is 0 Å². The van der Waals surface area contributed by atoms with Crippen LogP contribution < -0.4 is 4.74 Å². The van der Waals surface area contributed by atoms with Crippen LogP contribution >= 0.6 is 27.7 Å². The molecule has 1 fully saturated rings. The van der Waals surface area contributed by atoms with Crippen molar-refractivity contribution in [2.45, 2.75) is 13.5 Å². The summed E-state index contributed by atoms with van der Waals surface area (Å²) in [5, 5.41) is 9.54. The summed E-state index contributed by atoms with van der Waals surface area (Å²) in [5.41, 5.74) is 0.578. The quantitative estimate of drug-likeness (QED) is 0.483. The number of benzene rings is 1. The monoisotopic (exact) mass is 481 g/mol. The zero-order valence-corrected chi connectivity index (χ0v) is 17.8. The number of ether oxygens (including phenoxy) is 2. The van der Waals surface area contributed by atoms with Crippen LogP contribution in [0.4, 0.5) is 4.79 Å². The molecule has 2 aromatic rings. The number of esters is 1. The lowest BCUT2D eigenvalue weighted by Gasteiger charge is -2.10. The van der Waals surface area contributed by atoms with Crippen LogP contribution in [0.2, 0.25) is 0 Å². The predicted molar refractivity (Wildman–Crippen MR) is 109 cm³/mol. The highest BCUT2D eigenvalue weighted by Gasteiger charge is 2.36. The number of phenolic OH excluding ortho intramolecular Hbond substituents is 1. The maximum atomic E-state index is 12.7. The Morgan fingerprint density at radius 3 is 2.79 bits per heavy atom. The van der Waals surface area contributed by atoms with Crippen LogP contribution in [0.3, 0.4) is 0 Å². The van der Waals surface area contributed by atoms with E-state index in [-0.39, 0.29) is 34.5 Å². The smallest absolute Gasteiger partial charge is 0.373 e. The van der Waals surface area contributed by atoms with Crippen molar-refractivity contribution < 1.29 is 33.4 Å². The molecule has 1 saturated heterocycles. The third kappa shape index (κ3) is 4.48. The van der Waals surface area contributed by atoms with Gasteiger partial charge in [0.05, 0.1) is 29.6 Å². The highest BCUT2D eigenvalue weighted by atomic mass is 79.9. The largest absolute Gasteiger partial charge is 0.503 e. The number of methoxy groups -OCH3 is 1. The highest BCUT2D eigenvalue weighted by molar-refractivity contribution is 9.10. The maximum Gasteiger partial charge on any atom is 0.373 e. The minimum Gasteiger partial charge on any atom is -0.503 e. The molecule has 8 nitrogen and oxygen atoms in total. The summed E-state index contributed by atoms with van der Waals surface area (Å²) in [4.78, 5) is 37.7. The lowest BCUT2D eigenvalue weighted by molar-refractivity contribution is -0.123. The third-order valence-corrected chi connectivity index (χ3v) is 5.40. The van der Waals surface area contributed by atoms with Crippen LogP contribution in [0.5, 0.6) is 11.5 Å². The molecule has 1 aromatic carbocycles. The average molecular weight is 482 g/mol. The Kier molecular flexibility index (Phi) is 6.33. The first kappa shape index (κ1) is 21.0. The number of imide groups is 1. The number of carbonyl (C=O) groups excluding carboxylic acids is 3. The first-order valence-corrected chi connectivity index (χ1v) is 10.0. The molecule has 3 rings (SSSR count). The third-order valence-electron chi connectivity index (χ3n) is 3.88. The summed E-state index contributed by atoms with van der Waals surface area (Å²) >= 11 is 4.03. The number of halogens is 1. The summed E-state index contributed by atoms with van der Waals surface area (Å²) in [6.07, 6.45) is 1.54. The summed E-state index contributed by atoms with van der Waals surface area (Å²) < 4.78 is 15.7. The van der Waals surface area contributed by atoms with Crippen molar-refractivity contribution in [2.24, 2.45) is 0 Å². The number of phenols is 1. The van der Waals surface area contributed by atoms with Crippen molar-refractivity contribution in [2.75, 3.05) is 13.7 Å². The van der Waals surface area contributed by atoms with Gasteiger partial charge in [0.15, 0.2) is 11.5 Å². The molecule has 0 aliphatic carbocycles. The first-order valence-electron chi connectivity index (χ1n) is 8.41. The summed E-state index contributed by atoms with van der Waals surface area (Å²) in [6, 6.07) is 6.11. The SMILES string of the molecule is CCOc1cc(/C=C2/SC(=O)N(Cc3ccc(C(=O)OC)o3)C2=O)cc(Br)c1O. The molecule has 0 atom stereocenters. The highest BCUT2D eigenvalue weighted by Crippen LogP contribution is 2.38. The van der Waals surface area contributed by atoms with Crippen molar-refractivity contribution in [3.63, 3.8) is 0 Å². The molecule has 2 heterocycles. The molecule has 0 radical (unpaired) electrons. The van der Waals surface area contributed by atoms with E-state index < -0.39 is 17.1 Å². The number of hydrogen-bond acceptors (Lipinski definition) is 8. The Morgan fingerprint density at radius 2 is 2.10 bits per heavy atom. The van der Waals surface area contributed by atoms with E-state index in [0.717, 1.165) is 16.7 Å². The second kappa shape index (κ2) is 8.75. The number of nitrogens with zero attached hydrogens (tertiary/aromatic N) is 1. The lowest BCUT2D eigenvalue weighted by Crippen LogP contribution is -2.27. The Labute approximate surface area is 178 Å². The fraction of sp³-hybridized carbons (Fsp3) is 0.211. The molecule has 152 valence electrons. The Hall–Kier alpha value is -2.72. The molecule has 1 aliphatic rings. The number of rotatable bonds is 6. The van der Waals surface area contributed by atoms with Gasteiger partial charge in [0, 0.05) is 0 Å². The molecule has 0 spiro atoms. The minimum atomic E-state index is -0.645. The normalized spacial score (nSPS) is 15.3. The average Bonchev–Trinajstić information content (AvgIpc) is 3.26. The number of carbonyl (C=O) groups is 3. The second-order valence-corrected chi connectivity index (χ2v) is 7.66. The van der Waals surface area contributed by atoms with Gasteiger partial charge in [0.2, 0.25) is 5.76 Å². The van der Waals surface area contributed by atoms with E-state index in [4.69, 9.17) is 9.15 Å². The standard InChI is InChI=1S/C19H16BrNO7S/c1-3-27-14-7-10(6-12(20)16(14)22)8-15-17(23)21(19(25)29-15)9-11-4-5-13(28-11)18(24)26-2/h4-8,22H,3,9H2,1-2H3/b15-8+. The van der Waals surface area contributed by atoms with Gasteiger partial charge in [-0.05, 0) is 70.5 Å². The molecule has 29 heavy (non-hydrogen) atoms. The van der Waals surface area contributed by atoms with Crippen LogP contribution in [-0.4, -0.2) is 40.8 Å². The van der Waals surface area contributed by atoms with Gasteiger partial charge in [-0.3, -0.25) is 14.5 Å². The summed E-state index contributed by atoms with van der Waals surface area (Å²) in [6.45, 7) is 2.03. The molecule has 0 unspecified atom stereocenters. The van der Waals surface area contributed by atoms with E-state index in [1.165, 1.54) is 19.2 Å². The Bertz CT molecular complexity index is 1010. The van der Waals surface area contributed by atoms with Crippen molar-refractivity contribution in [1.29, 1.82) is 0 Å². The van der Waals surface area contributed by atoms with Crippen LogP contribution in [0, 0.1) is 0 Å². The molecule has 2 amide bonds. The zero-order chi connectivity index (χ0) is 21.1. The number of aromatic hydroxyl groups is 1. The van der Waals surface area contributed by atoms with Gasteiger partial charge in [-0.1, -0.05) is 0 Å². The van der Waals surface area contributed by atoms with Crippen molar-refractivity contribution in [3.05, 3.63) is 50.7 Å². The summed E-state index contributed by atoms with van der Waals surface area (Å²) in [5.74, 6) is -0.650. The van der Waals surface area contributed by atoms with Gasteiger partial charge in [-0.25, -0.2) is 4.79 Å². The topological polar surface area (TPSA) is 106 Å². The maximum absolute atomic E-state index is 12.7. The van der Waals surface area contributed by atoms with E-state index in [2.05, 4.69) is 20.7 Å². The van der Waals surface area contributed by atoms with Crippen LogP contribution in [0.25, 0.3) is 6.08 Å². The van der Waals surface area contributed by atoms with Crippen molar-refractivity contribution in [1.82, 2.24) is 4.90 Å². The van der Waals surface area contributed by atoms with Gasteiger partial charge < -0.3 is 19.0 Å².